The number of aromatic nitrogens is 1. The lowest BCUT2D eigenvalue weighted by Crippen LogP contribution is -2.15. The highest BCUT2D eigenvalue weighted by atomic mass is 19.2. The fourth-order valence-electron chi connectivity index (χ4n) is 1.68. The molecule has 0 aliphatic heterocycles. The van der Waals surface area contributed by atoms with Crippen LogP contribution in [0.2, 0.25) is 0 Å². The molecule has 0 bridgehead atoms. The molecule has 0 spiro atoms. The molecule has 0 saturated heterocycles. The van der Waals surface area contributed by atoms with E-state index in [0.717, 1.165) is 0 Å². The zero-order valence-corrected chi connectivity index (χ0v) is 10.8. The molecule has 0 unspecified atom stereocenters. The summed E-state index contributed by atoms with van der Waals surface area (Å²) in [6, 6.07) is 3.96. The number of amides is 1. The van der Waals surface area contributed by atoms with Crippen LogP contribution in [-0.2, 0) is 0 Å². The summed E-state index contributed by atoms with van der Waals surface area (Å²) in [4.78, 5) is 25.8. The number of rotatable bonds is 3. The van der Waals surface area contributed by atoms with Gasteiger partial charge in [-0.1, -0.05) is 0 Å². The number of nitro benzene ring substituents is 1. The number of nitro groups is 1. The van der Waals surface area contributed by atoms with E-state index in [0.29, 0.717) is 23.5 Å². The van der Waals surface area contributed by atoms with E-state index in [-0.39, 0.29) is 0 Å². The predicted octanol–water partition coefficient (Wildman–Crippen LogP) is 2.83. The Bertz CT molecular complexity index is 735. The van der Waals surface area contributed by atoms with Crippen molar-refractivity contribution < 1.29 is 18.5 Å². The molecule has 1 heterocycles. The van der Waals surface area contributed by atoms with Crippen LogP contribution >= 0.6 is 0 Å². The topological polar surface area (TPSA) is 85.1 Å². The second-order valence-electron chi connectivity index (χ2n) is 4.13. The lowest BCUT2D eigenvalue weighted by Gasteiger charge is -2.08. The molecule has 0 fully saturated rings. The number of nitrogens with zero attached hydrogens (tertiary/aromatic N) is 2. The Balaban J connectivity index is 2.42. The third-order valence-electron chi connectivity index (χ3n) is 2.74. The molecule has 21 heavy (non-hydrogen) atoms. The SMILES string of the molecule is Cc1ncccc1NC(=O)c1cc(F)c(F)cc1[N+](=O)[O-]. The van der Waals surface area contributed by atoms with Gasteiger partial charge in [0.1, 0.15) is 5.56 Å². The average molecular weight is 293 g/mol. The van der Waals surface area contributed by atoms with Crippen molar-refractivity contribution in [3.05, 3.63) is 63.5 Å². The predicted molar refractivity (Wildman–Crippen MR) is 69.9 cm³/mol. The first-order chi connectivity index (χ1) is 9.90. The van der Waals surface area contributed by atoms with E-state index in [1.165, 1.54) is 12.3 Å². The summed E-state index contributed by atoms with van der Waals surface area (Å²) in [5.74, 6) is -3.65. The van der Waals surface area contributed by atoms with Crippen LogP contribution in [0.1, 0.15) is 16.1 Å². The number of halogens is 2. The molecule has 0 aliphatic carbocycles. The van der Waals surface area contributed by atoms with E-state index in [9.17, 15) is 23.7 Å². The molecule has 0 atom stereocenters. The molecule has 0 saturated carbocycles. The number of hydrogen-bond donors (Lipinski definition) is 1. The molecule has 1 N–H and O–H groups in total. The maximum Gasteiger partial charge on any atom is 0.285 e. The summed E-state index contributed by atoms with van der Waals surface area (Å²) in [5, 5.41) is 13.2. The first-order valence-electron chi connectivity index (χ1n) is 5.76. The highest BCUT2D eigenvalue weighted by molar-refractivity contribution is 6.07. The van der Waals surface area contributed by atoms with Crippen molar-refractivity contribution in [2.24, 2.45) is 0 Å². The van der Waals surface area contributed by atoms with Crippen molar-refractivity contribution in [2.45, 2.75) is 6.92 Å². The van der Waals surface area contributed by atoms with Crippen LogP contribution in [0.4, 0.5) is 20.2 Å². The molecule has 1 amide bonds. The van der Waals surface area contributed by atoms with Crippen LogP contribution in [0.15, 0.2) is 30.5 Å². The maximum absolute atomic E-state index is 13.2. The summed E-state index contributed by atoms with van der Waals surface area (Å²) in [6.07, 6.45) is 1.50. The van der Waals surface area contributed by atoms with Crippen LogP contribution < -0.4 is 5.32 Å². The number of carbonyl (C=O) groups is 1. The van der Waals surface area contributed by atoms with Gasteiger partial charge in [0.05, 0.1) is 22.4 Å². The minimum absolute atomic E-state index is 0.321. The fourth-order valence-corrected chi connectivity index (χ4v) is 1.68. The first-order valence-corrected chi connectivity index (χ1v) is 5.76. The van der Waals surface area contributed by atoms with Gasteiger partial charge in [0.2, 0.25) is 0 Å². The molecule has 8 heteroatoms. The van der Waals surface area contributed by atoms with E-state index in [1.54, 1.807) is 13.0 Å². The zero-order valence-electron chi connectivity index (χ0n) is 10.8. The summed E-state index contributed by atoms with van der Waals surface area (Å²) in [7, 11) is 0. The Hall–Kier alpha value is -2.90. The zero-order chi connectivity index (χ0) is 15.6. The summed E-state index contributed by atoms with van der Waals surface area (Å²) in [5.41, 5.74) is -0.576. The van der Waals surface area contributed by atoms with Crippen molar-refractivity contribution in [3.63, 3.8) is 0 Å². The van der Waals surface area contributed by atoms with E-state index in [2.05, 4.69) is 10.3 Å². The Morgan fingerprint density at radius 1 is 1.33 bits per heavy atom. The third kappa shape index (κ3) is 2.99. The van der Waals surface area contributed by atoms with Gasteiger partial charge in [-0.15, -0.1) is 0 Å². The monoisotopic (exact) mass is 293 g/mol. The smallest absolute Gasteiger partial charge is 0.285 e. The van der Waals surface area contributed by atoms with Crippen LogP contribution in [0.5, 0.6) is 0 Å². The van der Waals surface area contributed by atoms with Crippen LogP contribution in [-0.4, -0.2) is 15.8 Å². The van der Waals surface area contributed by atoms with Crippen LogP contribution in [0.25, 0.3) is 0 Å². The molecule has 1 aromatic heterocycles. The molecular formula is C13H9F2N3O3. The van der Waals surface area contributed by atoms with Crippen molar-refractivity contribution >= 4 is 17.3 Å². The van der Waals surface area contributed by atoms with Crippen molar-refractivity contribution in [3.8, 4) is 0 Å². The summed E-state index contributed by atoms with van der Waals surface area (Å²) < 4.78 is 26.3. The van der Waals surface area contributed by atoms with E-state index in [4.69, 9.17) is 0 Å². The molecule has 0 aliphatic rings. The van der Waals surface area contributed by atoms with Gasteiger partial charge in [0.15, 0.2) is 11.6 Å². The third-order valence-corrected chi connectivity index (χ3v) is 2.74. The number of aryl methyl sites for hydroxylation is 1. The minimum atomic E-state index is -1.39. The largest absolute Gasteiger partial charge is 0.320 e. The minimum Gasteiger partial charge on any atom is -0.320 e. The van der Waals surface area contributed by atoms with Crippen molar-refractivity contribution in [1.82, 2.24) is 4.98 Å². The van der Waals surface area contributed by atoms with Crippen LogP contribution in [0, 0.1) is 28.7 Å². The molecule has 2 rings (SSSR count). The normalized spacial score (nSPS) is 10.2. The summed E-state index contributed by atoms with van der Waals surface area (Å²) in [6.45, 7) is 1.62. The quantitative estimate of drug-likeness (QED) is 0.696. The van der Waals surface area contributed by atoms with Crippen molar-refractivity contribution in [2.75, 3.05) is 5.32 Å². The van der Waals surface area contributed by atoms with Gasteiger partial charge in [0, 0.05) is 6.20 Å². The first kappa shape index (κ1) is 14.5. The van der Waals surface area contributed by atoms with Gasteiger partial charge in [-0.25, -0.2) is 8.78 Å². The number of pyridine rings is 1. The molecule has 108 valence electrons. The van der Waals surface area contributed by atoms with Crippen LogP contribution in [0.3, 0.4) is 0 Å². The Morgan fingerprint density at radius 2 is 2.00 bits per heavy atom. The second-order valence-corrected chi connectivity index (χ2v) is 4.13. The van der Waals surface area contributed by atoms with Gasteiger partial charge in [0.25, 0.3) is 11.6 Å². The van der Waals surface area contributed by atoms with Gasteiger partial charge in [-0.3, -0.25) is 19.9 Å². The van der Waals surface area contributed by atoms with Crippen molar-refractivity contribution in [1.29, 1.82) is 0 Å². The number of benzene rings is 1. The number of nitrogens with one attached hydrogen (secondary N) is 1. The highest BCUT2D eigenvalue weighted by Crippen LogP contribution is 2.23. The summed E-state index contributed by atoms with van der Waals surface area (Å²) >= 11 is 0. The lowest BCUT2D eigenvalue weighted by atomic mass is 10.1. The average Bonchev–Trinajstić information content (AvgIpc) is 2.43. The van der Waals surface area contributed by atoms with Gasteiger partial charge < -0.3 is 5.32 Å². The van der Waals surface area contributed by atoms with E-state index in [1.807, 2.05) is 0 Å². The van der Waals surface area contributed by atoms with Gasteiger partial charge >= 0.3 is 0 Å². The Kier molecular flexibility index (Phi) is 3.88. The highest BCUT2D eigenvalue weighted by Gasteiger charge is 2.24. The van der Waals surface area contributed by atoms with E-state index < -0.39 is 33.7 Å². The van der Waals surface area contributed by atoms with Gasteiger partial charge in [-0.05, 0) is 25.1 Å². The molecule has 6 nitrogen and oxygen atoms in total. The number of hydrogen-bond acceptors (Lipinski definition) is 4. The lowest BCUT2D eigenvalue weighted by molar-refractivity contribution is -0.385. The molecule has 2 aromatic rings. The molecule has 1 aromatic carbocycles. The second kappa shape index (κ2) is 5.61. The number of carbonyl (C=O) groups excluding carboxylic acids is 1. The fraction of sp³-hybridized carbons (Fsp3) is 0.0769. The Labute approximate surface area is 117 Å². The Morgan fingerprint density at radius 3 is 2.62 bits per heavy atom. The standard InChI is InChI=1S/C13H9F2N3O3/c1-7-11(3-2-4-16-7)17-13(19)8-5-9(14)10(15)6-12(8)18(20)21/h2-6H,1H3,(H,17,19). The van der Waals surface area contributed by atoms with Gasteiger partial charge in [-0.2, -0.15) is 0 Å². The number of anilines is 1. The maximum atomic E-state index is 13.2. The molecule has 0 radical (unpaired) electrons. The van der Waals surface area contributed by atoms with E-state index >= 15 is 0 Å². The molecular weight excluding hydrogens is 284 g/mol.